The van der Waals surface area contributed by atoms with Gasteiger partial charge < -0.3 is 21.1 Å². The first-order valence-corrected chi connectivity index (χ1v) is 18.4. The molecule has 3 aromatic rings. The Balaban J connectivity index is 1.96. The van der Waals surface area contributed by atoms with Crippen LogP contribution in [0.2, 0.25) is 0 Å². The number of nitrogens with one attached hydrogen (secondary N) is 1. The molecular formula is C37H49F2N3O5S. The zero-order valence-corrected chi connectivity index (χ0v) is 28.9. The summed E-state index contributed by atoms with van der Waals surface area (Å²) in [6.07, 6.45) is 1.39. The molecule has 3 atom stereocenters. The predicted octanol–water partition coefficient (Wildman–Crippen LogP) is 4.90. The van der Waals surface area contributed by atoms with Gasteiger partial charge in [0.2, 0.25) is 11.8 Å². The Morgan fingerprint density at radius 1 is 0.854 bits per heavy atom. The largest absolute Gasteiger partial charge is 0.390 e. The first-order valence-electron chi connectivity index (χ1n) is 16.6. The molecule has 262 valence electrons. The molecule has 48 heavy (non-hydrogen) atoms. The molecule has 2 amide bonds. The summed E-state index contributed by atoms with van der Waals surface area (Å²) in [7, 11) is -3.84. The van der Waals surface area contributed by atoms with Crippen LogP contribution in [0, 0.1) is 11.6 Å². The average Bonchev–Trinajstić information content (AvgIpc) is 3.03. The summed E-state index contributed by atoms with van der Waals surface area (Å²) in [6, 6.07) is 17.0. The molecule has 0 spiro atoms. The van der Waals surface area contributed by atoms with Crippen LogP contribution in [0.3, 0.4) is 0 Å². The number of halogens is 2. The van der Waals surface area contributed by atoms with Gasteiger partial charge >= 0.3 is 0 Å². The highest BCUT2D eigenvalue weighted by atomic mass is 32.2. The van der Waals surface area contributed by atoms with E-state index in [9.17, 15) is 31.9 Å². The van der Waals surface area contributed by atoms with Crippen molar-refractivity contribution in [1.29, 1.82) is 0 Å². The number of nitrogens with zero attached hydrogens (tertiary/aromatic N) is 1. The van der Waals surface area contributed by atoms with Crippen LogP contribution < -0.4 is 11.1 Å². The number of sulfone groups is 1. The zero-order valence-electron chi connectivity index (χ0n) is 28.1. The Morgan fingerprint density at radius 2 is 1.46 bits per heavy atom. The average molecular weight is 686 g/mol. The molecule has 0 saturated carbocycles. The van der Waals surface area contributed by atoms with Crippen molar-refractivity contribution in [3.05, 3.63) is 107 Å². The lowest BCUT2D eigenvalue weighted by molar-refractivity contribution is -0.137. The molecule has 0 saturated heterocycles. The minimum absolute atomic E-state index is 0.00347. The van der Waals surface area contributed by atoms with Gasteiger partial charge in [-0.15, -0.1) is 0 Å². The highest BCUT2D eigenvalue weighted by Crippen LogP contribution is 2.19. The van der Waals surface area contributed by atoms with Gasteiger partial charge in [-0.1, -0.05) is 88.2 Å². The molecule has 3 rings (SSSR count). The van der Waals surface area contributed by atoms with Crippen molar-refractivity contribution < 1.29 is 31.9 Å². The van der Waals surface area contributed by atoms with Gasteiger partial charge in [-0.05, 0) is 60.1 Å². The molecule has 0 aliphatic heterocycles. The van der Waals surface area contributed by atoms with Crippen molar-refractivity contribution >= 4 is 21.7 Å². The van der Waals surface area contributed by atoms with E-state index < -0.39 is 62.5 Å². The lowest BCUT2D eigenvalue weighted by Crippen LogP contribution is -2.55. The van der Waals surface area contributed by atoms with Gasteiger partial charge in [0.25, 0.3) is 0 Å². The van der Waals surface area contributed by atoms with E-state index in [1.54, 1.807) is 24.3 Å². The van der Waals surface area contributed by atoms with Gasteiger partial charge in [-0.25, -0.2) is 17.2 Å². The Kier molecular flexibility index (Phi) is 15.2. The van der Waals surface area contributed by atoms with Crippen LogP contribution in [0.5, 0.6) is 0 Å². The molecule has 0 radical (unpaired) electrons. The number of hydrogen-bond acceptors (Lipinski definition) is 6. The normalized spacial score (nSPS) is 13.6. The minimum atomic E-state index is -3.84. The highest BCUT2D eigenvalue weighted by Gasteiger charge is 2.35. The summed E-state index contributed by atoms with van der Waals surface area (Å²) >= 11 is 0. The number of rotatable bonds is 19. The number of carbonyl (C=O) groups is 2. The third-order valence-corrected chi connectivity index (χ3v) is 10.6. The van der Waals surface area contributed by atoms with E-state index in [2.05, 4.69) is 5.32 Å². The number of aliphatic hydroxyl groups is 1. The van der Waals surface area contributed by atoms with E-state index in [-0.39, 0.29) is 31.5 Å². The molecule has 0 aromatic heterocycles. The van der Waals surface area contributed by atoms with Crippen molar-refractivity contribution in [2.24, 2.45) is 5.73 Å². The lowest BCUT2D eigenvalue weighted by Gasteiger charge is -2.32. The summed E-state index contributed by atoms with van der Waals surface area (Å²) in [6.45, 7) is 5.48. The molecule has 0 aliphatic rings. The molecule has 8 nitrogen and oxygen atoms in total. The maximum absolute atomic E-state index is 14.4. The van der Waals surface area contributed by atoms with Gasteiger partial charge in [0.1, 0.15) is 17.7 Å². The lowest BCUT2D eigenvalue weighted by atomic mass is 10.0. The summed E-state index contributed by atoms with van der Waals surface area (Å²) in [5.41, 5.74) is 8.98. The Hall–Kier alpha value is -3.67. The van der Waals surface area contributed by atoms with E-state index in [1.165, 1.54) is 4.90 Å². The fourth-order valence-corrected chi connectivity index (χ4v) is 7.99. The summed E-state index contributed by atoms with van der Waals surface area (Å²) in [4.78, 5) is 29.0. The second kappa shape index (κ2) is 18.8. The second-order valence-electron chi connectivity index (χ2n) is 12.4. The van der Waals surface area contributed by atoms with Crippen LogP contribution in [-0.2, 0) is 45.2 Å². The maximum Gasteiger partial charge on any atom is 0.246 e. The fraction of sp³-hybridized carbons (Fsp3) is 0.459. The summed E-state index contributed by atoms with van der Waals surface area (Å²) in [5, 5.41) is 13.2. The third-order valence-electron chi connectivity index (χ3n) is 8.35. The quantitative estimate of drug-likeness (QED) is 0.165. The molecule has 0 bridgehead atoms. The number of aryl methyl sites for hydroxylation is 1. The SMILES string of the molecule is CCCC(CCC)S(=O)(=O)C[C@H](NC(=O)Cc1ccccc1)C(=O)N(Cc1cccc(CC)c1)C[C@@H](O)[C@@H](N)Cc1cc(F)cc(F)c1. The molecule has 11 heteroatoms. The Labute approximate surface area is 283 Å². The predicted molar refractivity (Wildman–Crippen MR) is 185 cm³/mol. The van der Waals surface area contributed by atoms with E-state index in [1.807, 2.05) is 51.1 Å². The van der Waals surface area contributed by atoms with Crippen LogP contribution in [0.1, 0.15) is 68.7 Å². The number of nitrogens with two attached hydrogens (primary N) is 1. The monoisotopic (exact) mass is 685 g/mol. The number of hydrogen-bond donors (Lipinski definition) is 3. The smallest absolute Gasteiger partial charge is 0.246 e. The van der Waals surface area contributed by atoms with Gasteiger partial charge in [0.15, 0.2) is 9.84 Å². The first-order chi connectivity index (χ1) is 22.8. The van der Waals surface area contributed by atoms with Crippen LogP contribution in [0.4, 0.5) is 8.78 Å². The molecule has 0 aliphatic carbocycles. The number of aliphatic hydroxyl groups excluding tert-OH is 1. The molecule has 0 unspecified atom stereocenters. The number of carbonyl (C=O) groups excluding carboxylic acids is 2. The highest BCUT2D eigenvalue weighted by molar-refractivity contribution is 7.92. The van der Waals surface area contributed by atoms with Gasteiger partial charge in [-0.3, -0.25) is 9.59 Å². The van der Waals surface area contributed by atoms with E-state index in [0.29, 0.717) is 31.2 Å². The molecule has 0 heterocycles. The molecule has 4 N–H and O–H groups in total. The van der Waals surface area contributed by atoms with Crippen molar-refractivity contribution in [3.8, 4) is 0 Å². The van der Waals surface area contributed by atoms with E-state index in [4.69, 9.17) is 5.73 Å². The maximum atomic E-state index is 14.4. The third kappa shape index (κ3) is 12.1. The van der Waals surface area contributed by atoms with E-state index in [0.717, 1.165) is 35.7 Å². The summed E-state index contributed by atoms with van der Waals surface area (Å²) < 4.78 is 55.2. The van der Waals surface area contributed by atoms with Crippen molar-refractivity contribution in [1.82, 2.24) is 10.2 Å². The van der Waals surface area contributed by atoms with Gasteiger partial charge in [-0.2, -0.15) is 0 Å². The van der Waals surface area contributed by atoms with Crippen LogP contribution in [0.25, 0.3) is 0 Å². The minimum Gasteiger partial charge on any atom is -0.390 e. The Bertz CT molecular complexity index is 1560. The van der Waals surface area contributed by atoms with Gasteiger partial charge in [0, 0.05) is 25.2 Å². The second-order valence-corrected chi connectivity index (χ2v) is 14.7. The molecular weight excluding hydrogens is 636 g/mol. The Morgan fingerprint density at radius 3 is 2.06 bits per heavy atom. The first kappa shape index (κ1) is 38.8. The summed E-state index contributed by atoms with van der Waals surface area (Å²) in [5.74, 6) is -3.36. The standard InChI is InChI=1S/C37H49F2N3O5S/c1-4-11-32(12-5-2)48(46,47)25-34(41-36(44)21-27-13-8-7-9-14-27)37(45)42(23-28-16-10-15-26(6-3)17-28)24-35(43)33(40)20-29-18-30(38)22-31(39)19-29/h7-10,13-19,22,32-35,43H,4-6,11-12,20-21,23-25,40H2,1-3H3,(H,41,44)/t33-,34-,35+/m0/s1. The van der Waals surface area contributed by atoms with Crippen molar-refractivity contribution in [3.63, 3.8) is 0 Å². The number of benzene rings is 3. The van der Waals surface area contributed by atoms with E-state index >= 15 is 0 Å². The van der Waals surface area contributed by atoms with Crippen LogP contribution in [-0.4, -0.2) is 66.0 Å². The molecule has 0 fully saturated rings. The van der Waals surface area contributed by atoms with Crippen molar-refractivity contribution in [2.45, 2.75) is 95.7 Å². The van der Waals surface area contributed by atoms with Crippen LogP contribution in [0.15, 0.2) is 72.8 Å². The van der Waals surface area contributed by atoms with Crippen molar-refractivity contribution in [2.75, 3.05) is 12.3 Å². The topological polar surface area (TPSA) is 130 Å². The molecule has 3 aromatic carbocycles. The van der Waals surface area contributed by atoms with Gasteiger partial charge in [0.05, 0.1) is 23.5 Å². The van der Waals surface area contributed by atoms with Crippen LogP contribution >= 0.6 is 0 Å². The fourth-order valence-electron chi connectivity index (χ4n) is 5.84. The zero-order chi connectivity index (χ0) is 35.3. The number of amides is 2.